The fourth-order valence-corrected chi connectivity index (χ4v) is 6.90. The van der Waals surface area contributed by atoms with Gasteiger partial charge in [-0.05, 0) is 29.2 Å². The lowest BCUT2D eigenvalue weighted by atomic mass is 10.0. The number of imidazole rings is 2. The van der Waals surface area contributed by atoms with Crippen molar-refractivity contribution in [2.75, 3.05) is 6.61 Å². The summed E-state index contributed by atoms with van der Waals surface area (Å²) in [6.45, 7) is 4.29. The van der Waals surface area contributed by atoms with Crippen LogP contribution in [0.25, 0.3) is 28.2 Å². The Bertz CT molecular complexity index is 1800. The minimum atomic E-state index is -2.73. The van der Waals surface area contributed by atoms with Gasteiger partial charge in [0.25, 0.3) is 5.56 Å². The largest absolute Gasteiger partial charge is 0.386 e. The summed E-state index contributed by atoms with van der Waals surface area (Å²) in [4.78, 5) is 27.3. The SMILES string of the molecule is CC(C)c1ccc(Sc2nc3c(=O)n4cc(-c5ccccc5)[nH]c4nc3n2[C@@H]2OC3CO[PH](=O)O[C@H]3C2O)cc1. The number of aliphatic hydroxyl groups is 1. The Labute approximate surface area is 233 Å². The molecule has 206 valence electrons. The van der Waals surface area contributed by atoms with Gasteiger partial charge in [-0.25, -0.2) is 9.38 Å². The van der Waals surface area contributed by atoms with Gasteiger partial charge in [0, 0.05) is 11.1 Å². The smallest absolute Gasteiger partial charge is 0.319 e. The molecule has 5 aromatic rings. The van der Waals surface area contributed by atoms with Crippen LogP contribution in [0.1, 0.15) is 31.6 Å². The number of nitrogens with zero attached hydrogens (tertiary/aromatic N) is 4. The zero-order chi connectivity index (χ0) is 27.5. The highest BCUT2D eigenvalue weighted by Gasteiger charge is 2.50. The predicted octanol–water partition coefficient (Wildman–Crippen LogP) is 4.38. The van der Waals surface area contributed by atoms with Gasteiger partial charge in [-0.3, -0.25) is 13.9 Å². The van der Waals surface area contributed by atoms with Gasteiger partial charge in [-0.15, -0.1) is 0 Å². The highest BCUT2D eigenvalue weighted by atomic mass is 32.2. The monoisotopic (exact) mass is 579 g/mol. The molecule has 5 heterocycles. The van der Waals surface area contributed by atoms with E-state index in [-0.39, 0.29) is 23.3 Å². The zero-order valence-electron chi connectivity index (χ0n) is 21.6. The van der Waals surface area contributed by atoms with E-state index in [2.05, 4.69) is 31.0 Å². The van der Waals surface area contributed by atoms with Crippen LogP contribution in [0.2, 0.25) is 0 Å². The Kier molecular flexibility index (Phi) is 6.42. The number of rotatable bonds is 5. The molecule has 0 radical (unpaired) electrons. The van der Waals surface area contributed by atoms with E-state index in [4.69, 9.17) is 23.8 Å². The molecular formula is C27H26N5O6PS. The van der Waals surface area contributed by atoms with Crippen LogP contribution in [0.3, 0.4) is 0 Å². The van der Waals surface area contributed by atoms with E-state index in [1.165, 1.54) is 21.7 Å². The second-order valence-corrected chi connectivity index (χ2v) is 12.2. The van der Waals surface area contributed by atoms with Gasteiger partial charge in [0.2, 0.25) is 5.78 Å². The maximum Gasteiger partial charge on any atom is 0.319 e. The van der Waals surface area contributed by atoms with Crippen molar-refractivity contribution >= 4 is 37.0 Å². The summed E-state index contributed by atoms with van der Waals surface area (Å²) in [6, 6.07) is 17.7. The highest BCUT2D eigenvalue weighted by Crippen LogP contribution is 2.44. The molecule has 2 aromatic carbocycles. The lowest BCUT2D eigenvalue weighted by Gasteiger charge is -2.24. The molecule has 3 unspecified atom stereocenters. The first-order chi connectivity index (χ1) is 19.4. The van der Waals surface area contributed by atoms with Crippen molar-refractivity contribution < 1.29 is 23.5 Å². The van der Waals surface area contributed by atoms with Crippen molar-refractivity contribution in [2.24, 2.45) is 0 Å². The van der Waals surface area contributed by atoms with Crippen molar-refractivity contribution in [1.82, 2.24) is 23.9 Å². The molecule has 2 N–H and O–H groups in total. The summed E-state index contributed by atoms with van der Waals surface area (Å²) in [5, 5.41) is 11.7. The first-order valence-corrected chi connectivity index (χ1v) is 14.9. The number of ether oxygens (including phenoxy) is 1. The van der Waals surface area contributed by atoms with E-state index in [1.807, 2.05) is 42.5 Å². The lowest BCUT2D eigenvalue weighted by molar-refractivity contribution is -0.0583. The van der Waals surface area contributed by atoms with Crippen molar-refractivity contribution in [1.29, 1.82) is 0 Å². The number of fused-ring (bicyclic) bond motifs is 3. The molecule has 2 fully saturated rings. The quantitative estimate of drug-likeness (QED) is 0.291. The average Bonchev–Trinajstić information content (AvgIpc) is 3.64. The second-order valence-electron chi connectivity index (χ2n) is 10.1. The van der Waals surface area contributed by atoms with Crippen LogP contribution >= 0.6 is 20.0 Å². The number of aliphatic hydroxyl groups excluding tert-OH is 1. The normalized spacial score (nSPS) is 24.8. The molecule has 0 aliphatic carbocycles. The maximum atomic E-state index is 13.7. The minimum Gasteiger partial charge on any atom is -0.386 e. The lowest BCUT2D eigenvalue weighted by Crippen LogP contribution is -2.37. The Morgan fingerprint density at radius 2 is 1.90 bits per heavy atom. The predicted molar refractivity (Wildman–Crippen MR) is 149 cm³/mol. The number of hydrogen-bond donors (Lipinski definition) is 2. The number of aromatic nitrogens is 5. The Hall–Kier alpha value is -3.25. The van der Waals surface area contributed by atoms with E-state index < -0.39 is 32.8 Å². The Morgan fingerprint density at radius 3 is 2.65 bits per heavy atom. The van der Waals surface area contributed by atoms with E-state index in [1.54, 1.807) is 10.8 Å². The van der Waals surface area contributed by atoms with Crippen molar-refractivity contribution in [2.45, 2.75) is 54.4 Å². The minimum absolute atomic E-state index is 0.0270. The summed E-state index contributed by atoms with van der Waals surface area (Å²) in [6.07, 6.45) is -1.96. The van der Waals surface area contributed by atoms with Gasteiger partial charge in [-0.2, -0.15) is 4.98 Å². The van der Waals surface area contributed by atoms with Crippen LogP contribution in [0.4, 0.5) is 0 Å². The number of benzene rings is 2. The van der Waals surface area contributed by atoms with Crippen molar-refractivity contribution in [3.63, 3.8) is 0 Å². The molecule has 0 saturated carbocycles. The fraction of sp³-hybridized carbons (Fsp3) is 0.296. The molecule has 11 nitrogen and oxygen atoms in total. The maximum absolute atomic E-state index is 13.7. The first kappa shape index (κ1) is 25.7. The van der Waals surface area contributed by atoms with Crippen molar-refractivity contribution in [3.05, 3.63) is 76.7 Å². The molecular weight excluding hydrogens is 553 g/mol. The van der Waals surface area contributed by atoms with Crippen molar-refractivity contribution in [3.8, 4) is 11.3 Å². The van der Waals surface area contributed by atoms with E-state index >= 15 is 0 Å². The summed E-state index contributed by atoms with van der Waals surface area (Å²) >= 11 is 1.34. The van der Waals surface area contributed by atoms with E-state index in [9.17, 15) is 14.5 Å². The van der Waals surface area contributed by atoms with Crippen LogP contribution in [0, 0.1) is 0 Å². The van der Waals surface area contributed by atoms with Crippen LogP contribution < -0.4 is 5.56 Å². The van der Waals surface area contributed by atoms with Crippen LogP contribution in [0.15, 0.2) is 75.6 Å². The molecule has 13 heteroatoms. The zero-order valence-corrected chi connectivity index (χ0v) is 23.4. The van der Waals surface area contributed by atoms with Gasteiger partial charge in [0.15, 0.2) is 22.5 Å². The molecule has 0 amide bonds. The molecule has 0 spiro atoms. The van der Waals surface area contributed by atoms with Gasteiger partial charge >= 0.3 is 8.25 Å². The molecule has 3 aromatic heterocycles. The third kappa shape index (κ3) is 4.32. The van der Waals surface area contributed by atoms with E-state index in [0.717, 1.165) is 16.2 Å². The summed E-state index contributed by atoms with van der Waals surface area (Å²) in [7, 11) is -2.73. The number of H-pyrrole nitrogens is 1. The Balaban J connectivity index is 1.38. The molecule has 7 rings (SSSR count). The highest BCUT2D eigenvalue weighted by molar-refractivity contribution is 7.99. The molecule has 0 bridgehead atoms. The average molecular weight is 580 g/mol. The summed E-state index contributed by atoms with van der Waals surface area (Å²) in [5.41, 5.74) is 2.86. The topological polar surface area (TPSA) is 133 Å². The third-order valence-corrected chi connectivity index (χ3v) is 9.07. The number of hydrogen-bond acceptors (Lipinski definition) is 9. The standard InChI is InChI=1S/C27H26N5O6PS/c1-14(2)15-8-10-17(11-9-15)40-27-29-20-23(32(27)25-21(33)22-19(37-25)13-36-39(35)38-22)30-26-28-18(12-31(26)24(20)34)16-6-4-3-5-7-16/h3-12,14,19,21-22,25,33,39H,13H2,1-2H3,(H,28,30)/t19?,21?,22-,25-/m1/s1. The first-order valence-electron chi connectivity index (χ1n) is 12.9. The molecule has 5 atom stereocenters. The van der Waals surface area contributed by atoms with Gasteiger partial charge in [0.1, 0.15) is 18.3 Å². The van der Waals surface area contributed by atoms with Crippen LogP contribution in [-0.4, -0.2) is 53.9 Å². The molecule has 2 aliphatic heterocycles. The summed E-state index contributed by atoms with van der Waals surface area (Å²) < 4.78 is 31.7. The van der Waals surface area contributed by atoms with Gasteiger partial charge < -0.3 is 23.9 Å². The molecule has 2 aliphatic rings. The van der Waals surface area contributed by atoms with Gasteiger partial charge in [0.05, 0.1) is 12.3 Å². The molecule has 2 saturated heterocycles. The number of aromatic amines is 1. The van der Waals surface area contributed by atoms with Gasteiger partial charge in [-0.1, -0.05) is 68.1 Å². The third-order valence-electron chi connectivity index (χ3n) is 7.22. The number of nitrogens with one attached hydrogen (secondary N) is 1. The Morgan fingerprint density at radius 1 is 1.12 bits per heavy atom. The fourth-order valence-electron chi connectivity index (χ4n) is 5.11. The van der Waals surface area contributed by atoms with Crippen LogP contribution in [-0.2, 0) is 18.3 Å². The summed E-state index contributed by atoms with van der Waals surface area (Å²) in [5.74, 6) is 0.710. The second kappa shape index (κ2) is 9.99. The molecule has 40 heavy (non-hydrogen) atoms. The van der Waals surface area contributed by atoms with Crippen LogP contribution in [0.5, 0.6) is 0 Å². The van der Waals surface area contributed by atoms with E-state index in [0.29, 0.717) is 16.9 Å².